The Kier molecular flexibility index (Phi) is 4.20. The van der Waals surface area contributed by atoms with Crippen LogP contribution in [0.15, 0.2) is 40.1 Å². The van der Waals surface area contributed by atoms with Crippen molar-refractivity contribution < 1.29 is 0 Å². The normalized spacial score (nSPS) is 14.2. The molecule has 0 saturated heterocycles. The molecule has 0 unspecified atom stereocenters. The van der Waals surface area contributed by atoms with E-state index in [0.29, 0.717) is 0 Å². The summed E-state index contributed by atoms with van der Waals surface area (Å²) in [7, 11) is 0. The molecule has 0 spiro atoms. The van der Waals surface area contributed by atoms with E-state index < -0.39 is 0 Å². The van der Waals surface area contributed by atoms with E-state index in [1.807, 2.05) is 23.1 Å². The third-order valence-corrected chi connectivity index (χ3v) is 6.79. The Balaban J connectivity index is 1.66. The fourth-order valence-corrected chi connectivity index (χ4v) is 5.44. The van der Waals surface area contributed by atoms with Crippen LogP contribution < -0.4 is 0 Å². The van der Waals surface area contributed by atoms with Gasteiger partial charge in [-0.05, 0) is 48.9 Å². The fourth-order valence-electron chi connectivity index (χ4n) is 2.90. The monoisotopic (exact) mass is 390 g/mol. The van der Waals surface area contributed by atoms with Crippen molar-refractivity contribution in [2.24, 2.45) is 0 Å². The summed E-state index contributed by atoms with van der Waals surface area (Å²) >= 11 is 7.18. The summed E-state index contributed by atoms with van der Waals surface area (Å²) in [6, 6.07) is 8.52. The Hall–Kier alpha value is -0.910. The standard InChI is InChI=1S/C17H15BrN2S2/c18-12-7-5-11(6-8-12)9-21-16-15-13-3-1-2-4-14(13)22-17(15)20-10-19-16/h5-8,10H,1-4,9H2. The molecule has 2 nitrogen and oxygen atoms in total. The predicted molar refractivity (Wildman–Crippen MR) is 97.8 cm³/mol. The van der Waals surface area contributed by atoms with Crippen molar-refractivity contribution in [2.75, 3.05) is 0 Å². The maximum absolute atomic E-state index is 4.57. The third kappa shape index (κ3) is 2.82. The molecule has 0 bridgehead atoms. The Morgan fingerprint density at radius 2 is 1.91 bits per heavy atom. The van der Waals surface area contributed by atoms with Crippen LogP contribution in [0.4, 0.5) is 0 Å². The molecule has 2 aromatic heterocycles. The first-order valence-electron chi connectivity index (χ1n) is 7.44. The third-order valence-electron chi connectivity index (χ3n) is 4.01. The molecule has 22 heavy (non-hydrogen) atoms. The predicted octanol–water partition coefficient (Wildman–Crippen LogP) is 5.62. The maximum atomic E-state index is 4.57. The summed E-state index contributed by atoms with van der Waals surface area (Å²) in [6.07, 6.45) is 6.73. The lowest BCUT2D eigenvalue weighted by molar-refractivity contribution is 0.699. The van der Waals surface area contributed by atoms with Crippen LogP contribution in [0.3, 0.4) is 0 Å². The van der Waals surface area contributed by atoms with Crippen molar-refractivity contribution in [2.45, 2.75) is 36.5 Å². The van der Waals surface area contributed by atoms with E-state index in [1.54, 1.807) is 6.33 Å². The van der Waals surface area contributed by atoms with Gasteiger partial charge in [0.1, 0.15) is 16.2 Å². The molecule has 0 atom stereocenters. The lowest BCUT2D eigenvalue weighted by Gasteiger charge is -2.11. The molecule has 0 saturated carbocycles. The number of thioether (sulfide) groups is 1. The zero-order valence-corrected chi connectivity index (χ0v) is 15.2. The van der Waals surface area contributed by atoms with Crippen molar-refractivity contribution in [3.63, 3.8) is 0 Å². The Morgan fingerprint density at radius 3 is 2.77 bits per heavy atom. The molecule has 0 fully saturated rings. The number of hydrogen-bond donors (Lipinski definition) is 0. The van der Waals surface area contributed by atoms with E-state index in [0.717, 1.165) is 15.3 Å². The number of halogens is 1. The quantitative estimate of drug-likeness (QED) is 0.428. The molecule has 0 radical (unpaired) electrons. The first kappa shape index (κ1) is 14.7. The lowest BCUT2D eigenvalue weighted by atomic mass is 9.97. The number of aromatic nitrogens is 2. The highest BCUT2D eigenvalue weighted by Crippen LogP contribution is 2.39. The average Bonchev–Trinajstić information content (AvgIpc) is 2.93. The van der Waals surface area contributed by atoms with Crippen LogP contribution in [0.1, 0.15) is 28.8 Å². The number of rotatable bonds is 3. The Labute approximate surface area is 146 Å². The summed E-state index contributed by atoms with van der Waals surface area (Å²) in [6.45, 7) is 0. The van der Waals surface area contributed by atoms with Gasteiger partial charge in [0, 0.05) is 20.5 Å². The molecule has 1 aliphatic carbocycles. The van der Waals surface area contributed by atoms with Gasteiger partial charge in [0.2, 0.25) is 0 Å². The largest absolute Gasteiger partial charge is 0.229 e. The van der Waals surface area contributed by atoms with E-state index in [2.05, 4.69) is 50.2 Å². The summed E-state index contributed by atoms with van der Waals surface area (Å²) in [5, 5.41) is 2.47. The summed E-state index contributed by atoms with van der Waals surface area (Å²) in [5.74, 6) is 0.948. The molecule has 5 heteroatoms. The van der Waals surface area contributed by atoms with Gasteiger partial charge in [-0.1, -0.05) is 28.1 Å². The minimum atomic E-state index is 0.948. The zero-order valence-electron chi connectivity index (χ0n) is 12.0. The fraction of sp³-hybridized carbons (Fsp3) is 0.294. The molecular weight excluding hydrogens is 376 g/mol. The highest BCUT2D eigenvalue weighted by atomic mass is 79.9. The van der Waals surface area contributed by atoms with Crippen molar-refractivity contribution in [3.8, 4) is 0 Å². The number of nitrogens with zero attached hydrogens (tertiary/aromatic N) is 2. The van der Waals surface area contributed by atoms with Crippen LogP contribution in [0.25, 0.3) is 10.2 Å². The van der Waals surface area contributed by atoms with Crippen LogP contribution in [0.5, 0.6) is 0 Å². The Bertz CT molecular complexity index is 811. The number of benzene rings is 1. The van der Waals surface area contributed by atoms with Crippen LogP contribution in [-0.2, 0) is 18.6 Å². The summed E-state index contributed by atoms with van der Waals surface area (Å²) < 4.78 is 1.12. The molecule has 1 aliphatic rings. The second kappa shape index (κ2) is 6.30. The highest BCUT2D eigenvalue weighted by Gasteiger charge is 2.19. The SMILES string of the molecule is Brc1ccc(CSc2ncnc3sc4c(c23)CCCC4)cc1. The molecule has 112 valence electrons. The van der Waals surface area contributed by atoms with Gasteiger partial charge in [0.25, 0.3) is 0 Å². The molecule has 4 rings (SSSR count). The second-order valence-electron chi connectivity index (χ2n) is 5.49. The van der Waals surface area contributed by atoms with Gasteiger partial charge in [-0.2, -0.15) is 0 Å². The topological polar surface area (TPSA) is 25.8 Å². The maximum Gasteiger partial charge on any atom is 0.128 e. The van der Waals surface area contributed by atoms with Crippen LogP contribution in [0, 0.1) is 0 Å². The number of aryl methyl sites for hydroxylation is 2. The lowest BCUT2D eigenvalue weighted by Crippen LogP contribution is -1.99. The molecule has 0 aliphatic heterocycles. The summed E-state index contributed by atoms with van der Waals surface area (Å²) in [5.41, 5.74) is 2.84. The molecule has 2 heterocycles. The van der Waals surface area contributed by atoms with Gasteiger partial charge in [-0.15, -0.1) is 23.1 Å². The highest BCUT2D eigenvalue weighted by molar-refractivity contribution is 9.10. The van der Waals surface area contributed by atoms with Crippen molar-refractivity contribution in [1.29, 1.82) is 0 Å². The van der Waals surface area contributed by atoms with Crippen LogP contribution in [0.2, 0.25) is 0 Å². The van der Waals surface area contributed by atoms with Crippen molar-refractivity contribution >= 4 is 49.2 Å². The molecule has 0 N–H and O–H groups in total. The minimum absolute atomic E-state index is 0.948. The van der Waals surface area contributed by atoms with E-state index in [1.165, 1.54) is 51.9 Å². The summed E-state index contributed by atoms with van der Waals surface area (Å²) in [4.78, 5) is 11.8. The number of hydrogen-bond acceptors (Lipinski definition) is 4. The zero-order chi connectivity index (χ0) is 14.9. The number of thiophene rings is 1. The van der Waals surface area contributed by atoms with E-state index >= 15 is 0 Å². The van der Waals surface area contributed by atoms with Crippen LogP contribution >= 0.6 is 39.0 Å². The molecular formula is C17H15BrN2S2. The van der Waals surface area contributed by atoms with E-state index in [9.17, 15) is 0 Å². The first-order valence-corrected chi connectivity index (χ1v) is 10.0. The van der Waals surface area contributed by atoms with E-state index in [-0.39, 0.29) is 0 Å². The smallest absolute Gasteiger partial charge is 0.128 e. The average molecular weight is 391 g/mol. The number of fused-ring (bicyclic) bond motifs is 3. The Morgan fingerprint density at radius 1 is 1.09 bits per heavy atom. The molecule has 3 aromatic rings. The first-order chi connectivity index (χ1) is 10.8. The minimum Gasteiger partial charge on any atom is -0.229 e. The van der Waals surface area contributed by atoms with E-state index in [4.69, 9.17) is 0 Å². The van der Waals surface area contributed by atoms with Crippen molar-refractivity contribution in [1.82, 2.24) is 9.97 Å². The molecule has 1 aromatic carbocycles. The van der Waals surface area contributed by atoms with Crippen LogP contribution in [-0.4, -0.2) is 9.97 Å². The van der Waals surface area contributed by atoms with Gasteiger partial charge in [-0.25, -0.2) is 9.97 Å². The van der Waals surface area contributed by atoms with Gasteiger partial charge in [-0.3, -0.25) is 0 Å². The van der Waals surface area contributed by atoms with Gasteiger partial charge < -0.3 is 0 Å². The molecule has 0 amide bonds. The second-order valence-corrected chi connectivity index (χ2v) is 8.45. The van der Waals surface area contributed by atoms with Crippen molar-refractivity contribution in [3.05, 3.63) is 51.1 Å². The van der Waals surface area contributed by atoms with Gasteiger partial charge in [0.15, 0.2) is 0 Å². The van der Waals surface area contributed by atoms with Gasteiger partial charge >= 0.3 is 0 Å². The van der Waals surface area contributed by atoms with Gasteiger partial charge in [0.05, 0.1) is 0 Å².